The van der Waals surface area contributed by atoms with Gasteiger partial charge in [0, 0.05) is 19.1 Å². The van der Waals surface area contributed by atoms with Gasteiger partial charge >= 0.3 is 0 Å². The van der Waals surface area contributed by atoms with Gasteiger partial charge in [0.15, 0.2) is 0 Å². The number of hydrogen-bond donors (Lipinski definition) is 0. The van der Waals surface area contributed by atoms with Crippen LogP contribution in [-0.2, 0) is 0 Å². The highest BCUT2D eigenvalue weighted by Crippen LogP contribution is 2.17. The SMILES string of the molecule is CC(C(N(C)C)N(C)C)N1CC1. The van der Waals surface area contributed by atoms with Crippen LogP contribution in [0.5, 0.6) is 0 Å². The second kappa shape index (κ2) is 3.73. The van der Waals surface area contributed by atoms with Crippen LogP contribution in [0.2, 0.25) is 0 Å². The summed E-state index contributed by atoms with van der Waals surface area (Å²) in [4.78, 5) is 7.05. The Balaban J connectivity index is 2.51. The smallest absolute Gasteiger partial charge is 0.0770 e. The van der Waals surface area contributed by atoms with E-state index in [2.05, 4.69) is 49.8 Å². The monoisotopic (exact) mass is 171 g/mol. The van der Waals surface area contributed by atoms with Crippen molar-refractivity contribution in [1.29, 1.82) is 0 Å². The predicted molar refractivity (Wildman–Crippen MR) is 52.2 cm³/mol. The lowest BCUT2D eigenvalue weighted by atomic mass is 10.2. The van der Waals surface area contributed by atoms with Gasteiger partial charge in [-0.3, -0.25) is 14.7 Å². The summed E-state index contributed by atoms with van der Waals surface area (Å²) in [5.41, 5.74) is 0. The summed E-state index contributed by atoms with van der Waals surface area (Å²) >= 11 is 0. The van der Waals surface area contributed by atoms with E-state index in [9.17, 15) is 0 Å². The molecule has 1 fully saturated rings. The van der Waals surface area contributed by atoms with Crippen molar-refractivity contribution >= 4 is 0 Å². The van der Waals surface area contributed by atoms with Crippen LogP contribution in [0.1, 0.15) is 6.92 Å². The first-order chi connectivity index (χ1) is 5.54. The predicted octanol–water partition coefficient (Wildman–Crippen LogP) is 0.140. The first-order valence-corrected chi connectivity index (χ1v) is 4.61. The summed E-state index contributed by atoms with van der Waals surface area (Å²) in [5, 5.41) is 0. The van der Waals surface area contributed by atoms with Gasteiger partial charge in [0.2, 0.25) is 0 Å². The average molecular weight is 171 g/mol. The van der Waals surface area contributed by atoms with E-state index in [-0.39, 0.29) is 0 Å². The van der Waals surface area contributed by atoms with Gasteiger partial charge in [-0.25, -0.2) is 0 Å². The van der Waals surface area contributed by atoms with Gasteiger partial charge in [-0.05, 0) is 35.1 Å². The maximum Gasteiger partial charge on any atom is 0.0770 e. The van der Waals surface area contributed by atoms with Crippen LogP contribution in [0, 0.1) is 0 Å². The highest BCUT2D eigenvalue weighted by molar-refractivity contribution is 4.86. The Bertz CT molecular complexity index is 133. The van der Waals surface area contributed by atoms with Crippen LogP contribution >= 0.6 is 0 Å². The van der Waals surface area contributed by atoms with Crippen LogP contribution in [0.15, 0.2) is 0 Å². The minimum atomic E-state index is 0.535. The van der Waals surface area contributed by atoms with Crippen molar-refractivity contribution in [3.8, 4) is 0 Å². The molecule has 0 N–H and O–H groups in total. The highest BCUT2D eigenvalue weighted by atomic mass is 15.4. The third-order valence-electron chi connectivity index (χ3n) is 2.55. The Kier molecular flexibility index (Phi) is 3.09. The van der Waals surface area contributed by atoms with Crippen molar-refractivity contribution in [2.75, 3.05) is 41.3 Å². The molecule has 3 heteroatoms. The molecule has 72 valence electrons. The van der Waals surface area contributed by atoms with Gasteiger partial charge in [0.25, 0.3) is 0 Å². The van der Waals surface area contributed by atoms with Crippen molar-refractivity contribution < 1.29 is 0 Å². The molecule has 1 aliphatic heterocycles. The van der Waals surface area contributed by atoms with E-state index in [4.69, 9.17) is 0 Å². The van der Waals surface area contributed by atoms with Crippen molar-refractivity contribution in [3.63, 3.8) is 0 Å². The lowest BCUT2D eigenvalue weighted by Gasteiger charge is -2.36. The molecule has 1 saturated heterocycles. The van der Waals surface area contributed by atoms with Crippen LogP contribution in [-0.4, -0.2) is 68.2 Å². The van der Waals surface area contributed by atoms with E-state index >= 15 is 0 Å². The fraction of sp³-hybridized carbons (Fsp3) is 1.00. The zero-order valence-electron chi connectivity index (χ0n) is 8.91. The van der Waals surface area contributed by atoms with Crippen LogP contribution in [0.3, 0.4) is 0 Å². The minimum absolute atomic E-state index is 0.535. The summed E-state index contributed by atoms with van der Waals surface area (Å²) < 4.78 is 0. The third kappa shape index (κ3) is 2.19. The molecule has 1 heterocycles. The van der Waals surface area contributed by atoms with Gasteiger partial charge in [0.05, 0.1) is 6.17 Å². The number of hydrogen-bond acceptors (Lipinski definition) is 3. The molecule has 0 radical (unpaired) electrons. The second-order valence-electron chi connectivity index (χ2n) is 4.12. The molecule has 0 aromatic carbocycles. The molecule has 0 saturated carbocycles. The third-order valence-corrected chi connectivity index (χ3v) is 2.55. The first-order valence-electron chi connectivity index (χ1n) is 4.61. The summed E-state index contributed by atoms with van der Waals surface area (Å²) in [5.74, 6) is 0. The zero-order valence-corrected chi connectivity index (χ0v) is 8.91. The summed E-state index contributed by atoms with van der Waals surface area (Å²) in [6.45, 7) is 4.86. The summed E-state index contributed by atoms with van der Waals surface area (Å²) in [7, 11) is 8.57. The Labute approximate surface area is 75.9 Å². The average Bonchev–Trinajstić information content (AvgIpc) is 2.64. The molecular weight excluding hydrogens is 150 g/mol. The maximum atomic E-state index is 2.49. The Morgan fingerprint density at radius 1 is 1.00 bits per heavy atom. The normalized spacial score (nSPS) is 21.0. The van der Waals surface area contributed by atoms with Gasteiger partial charge in [-0.15, -0.1) is 0 Å². The van der Waals surface area contributed by atoms with Crippen molar-refractivity contribution in [2.45, 2.75) is 19.1 Å². The molecule has 0 aliphatic carbocycles. The largest absolute Gasteiger partial charge is 0.295 e. The van der Waals surface area contributed by atoms with Gasteiger partial charge in [0.1, 0.15) is 0 Å². The van der Waals surface area contributed by atoms with Gasteiger partial charge in [-0.2, -0.15) is 0 Å². The van der Waals surface area contributed by atoms with Crippen molar-refractivity contribution in [2.24, 2.45) is 0 Å². The first kappa shape index (κ1) is 9.96. The molecule has 1 atom stereocenters. The van der Waals surface area contributed by atoms with E-state index in [1.807, 2.05) is 0 Å². The Morgan fingerprint density at radius 2 is 1.42 bits per heavy atom. The topological polar surface area (TPSA) is 9.49 Å². The fourth-order valence-electron chi connectivity index (χ4n) is 1.98. The lowest BCUT2D eigenvalue weighted by Crippen LogP contribution is -2.50. The molecule has 3 nitrogen and oxygen atoms in total. The van der Waals surface area contributed by atoms with Crippen molar-refractivity contribution in [1.82, 2.24) is 14.7 Å². The summed E-state index contributed by atoms with van der Waals surface area (Å²) in [6.07, 6.45) is 0.535. The van der Waals surface area contributed by atoms with Crippen molar-refractivity contribution in [3.05, 3.63) is 0 Å². The second-order valence-corrected chi connectivity index (χ2v) is 4.12. The van der Waals surface area contributed by atoms with E-state index in [0.717, 1.165) is 0 Å². The number of rotatable bonds is 4. The van der Waals surface area contributed by atoms with Gasteiger partial charge < -0.3 is 0 Å². The quantitative estimate of drug-likeness (QED) is 0.440. The molecule has 1 aliphatic rings. The van der Waals surface area contributed by atoms with Crippen LogP contribution in [0.4, 0.5) is 0 Å². The Morgan fingerprint density at radius 3 is 1.67 bits per heavy atom. The fourth-order valence-corrected chi connectivity index (χ4v) is 1.98. The highest BCUT2D eigenvalue weighted by Gasteiger charge is 2.32. The molecule has 0 aromatic rings. The lowest BCUT2D eigenvalue weighted by molar-refractivity contribution is 0.0735. The number of nitrogens with zero attached hydrogens (tertiary/aromatic N) is 3. The molecule has 0 aromatic heterocycles. The maximum absolute atomic E-state index is 2.49. The molecule has 0 spiro atoms. The zero-order chi connectivity index (χ0) is 9.30. The van der Waals surface area contributed by atoms with Crippen LogP contribution < -0.4 is 0 Å². The molecule has 0 bridgehead atoms. The molecular formula is C9H21N3. The molecule has 0 amide bonds. The summed E-state index contributed by atoms with van der Waals surface area (Å²) in [6, 6.07) is 0.648. The van der Waals surface area contributed by atoms with E-state index in [1.165, 1.54) is 13.1 Å². The molecule has 12 heavy (non-hydrogen) atoms. The molecule has 1 rings (SSSR count). The van der Waals surface area contributed by atoms with E-state index < -0.39 is 0 Å². The van der Waals surface area contributed by atoms with Crippen LogP contribution in [0.25, 0.3) is 0 Å². The molecule has 1 unspecified atom stereocenters. The van der Waals surface area contributed by atoms with Gasteiger partial charge in [-0.1, -0.05) is 0 Å². The van der Waals surface area contributed by atoms with E-state index in [0.29, 0.717) is 12.2 Å². The standard InChI is InChI=1S/C9H21N3/c1-8(12-6-7-12)9(10(2)3)11(4)5/h8-9H,6-7H2,1-5H3. The van der Waals surface area contributed by atoms with E-state index in [1.54, 1.807) is 0 Å². The minimum Gasteiger partial charge on any atom is -0.295 e. The number of likely N-dealkylation sites (N-methyl/N-ethyl adjacent to an activating group) is 2. The Hall–Kier alpha value is -0.120.